The topological polar surface area (TPSA) is 93.7 Å². The number of hydrogen-bond acceptors (Lipinski definition) is 5. The van der Waals surface area contributed by atoms with Gasteiger partial charge in [-0.1, -0.05) is 17.7 Å². The number of rotatable bonds is 6. The van der Waals surface area contributed by atoms with Gasteiger partial charge in [0.2, 0.25) is 0 Å². The molecule has 0 saturated carbocycles. The van der Waals surface area contributed by atoms with Crippen LogP contribution in [0.1, 0.15) is 33.2 Å². The summed E-state index contributed by atoms with van der Waals surface area (Å²) in [6, 6.07) is 7.40. The van der Waals surface area contributed by atoms with Gasteiger partial charge in [0.25, 0.3) is 5.91 Å². The molecule has 0 spiro atoms. The Morgan fingerprint density at radius 3 is 2.19 bits per heavy atom. The van der Waals surface area contributed by atoms with Crippen molar-refractivity contribution >= 4 is 35.2 Å². The fourth-order valence-electron chi connectivity index (χ4n) is 2.99. The molecule has 3 amide bonds. The second-order valence-electron chi connectivity index (χ2n) is 7.18. The van der Waals surface area contributed by atoms with E-state index in [1.165, 1.54) is 19.1 Å². The van der Waals surface area contributed by atoms with E-state index in [4.69, 9.17) is 21.1 Å². The van der Waals surface area contributed by atoms with Crippen LogP contribution in [0, 0.1) is 11.6 Å². The molecule has 2 N–H and O–H groups in total. The number of halogens is 6. The average molecular weight is 543 g/mol. The third kappa shape index (κ3) is 6.73. The number of imide groups is 1. The molecule has 3 rings (SSSR count). The predicted molar refractivity (Wildman–Crippen MR) is 122 cm³/mol. The molecular formula is C24H16ClF5N2O5. The summed E-state index contributed by atoms with van der Waals surface area (Å²) in [5.74, 6) is -4.99. The molecule has 0 aliphatic heterocycles. The lowest BCUT2D eigenvalue weighted by molar-refractivity contribution is -0.137. The van der Waals surface area contributed by atoms with Gasteiger partial charge in [0.15, 0.2) is 0 Å². The molecule has 0 radical (unpaired) electrons. The van der Waals surface area contributed by atoms with Gasteiger partial charge in [-0.05, 0) is 55.5 Å². The van der Waals surface area contributed by atoms with Gasteiger partial charge in [-0.3, -0.25) is 10.1 Å². The maximum atomic E-state index is 13.8. The van der Waals surface area contributed by atoms with Gasteiger partial charge < -0.3 is 14.8 Å². The number of carbonyl (C=O) groups excluding carboxylic acids is 3. The van der Waals surface area contributed by atoms with E-state index < -0.39 is 46.8 Å². The minimum absolute atomic E-state index is 0.0415. The fourth-order valence-corrected chi connectivity index (χ4v) is 3.21. The third-order valence-corrected chi connectivity index (χ3v) is 4.92. The predicted octanol–water partition coefficient (Wildman–Crippen LogP) is 6.57. The van der Waals surface area contributed by atoms with Crippen LogP contribution in [-0.2, 0) is 10.9 Å². The Labute approximate surface area is 211 Å². The monoisotopic (exact) mass is 542 g/mol. The van der Waals surface area contributed by atoms with Crippen molar-refractivity contribution in [2.24, 2.45) is 0 Å². The van der Waals surface area contributed by atoms with Crippen LogP contribution in [-0.4, -0.2) is 24.5 Å². The molecule has 0 bridgehead atoms. The first-order valence-corrected chi connectivity index (χ1v) is 10.7. The zero-order valence-electron chi connectivity index (χ0n) is 18.7. The van der Waals surface area contributed by atoms with E-state index in [9.17, 15) is 36.3 Å². The average Bonchev–Trinajstić information content (AvgIpc) is 2.80. The molecule has 0 aromatic heterocycles. The maximum Gasteiger partial charge on any atom is 0.416 e. The molecule has 194 valence electrons. The first-order chi connectivity index (χ1) is 17.4. The highest BCUT2D eigenvalue weighted by Crippen LogP contribution is 2.37. The van der Waals surface area contributed by atoms with E-state index in [-0.39, 0.29) is 34.4 Å². The van der Waals surface area contributed by atoms with Crippen LogP contribution in [0.15, 0.2) is 54.6 Å². The van der Waals surface area contributed by atoms with Crippen LogP contribution < -0.4 is 15.4 Å². The highest BCUT2D eigenvalue weighted by molar-refractivity contribution is 6.32. The molecular weight excluding hydrogens is 527 g/mol. The Morgan fingerprint density at radius 1 is 0.946 bits per heavy atom. The smallest absolute Gasteiger partial charge is 0.416 e. The Kier molecular flexibility index (Phi) is 8.33. The minimum atomic E-state index is -4.63. The first-order valence-electron chi connectivity index (χ1n) is 10.3. The van der Waals surface area contributed by atoms with E-state index in [0.717, 1.165) is 36.4 Å². The molecule has 0 fully saturated rings. The summed E-state index contributed by atoms with van der Waals surface area (Å²) in [6.45, 7) is 1.48. The van der Waals surface area contributed by atoms with Crippen molar-refractivity contribution in [1.82, 2.24) is 5.32 Å². The second-order valence-corrected chi connectivity index (χ2v) is 7.59. The first kappa shape index (κ1) is 27.4. The minimum Gasteiger partial charge on any atom is -0.462 e. The number of amides is 3. The highest BCUT2D eigenvalue weighted by atomic mass is 35.5. The summed E-state index contributed by atoms with van der Waals surface area (Å²) in [5.41, 5.74) is -2.29. The molecule has 3 aromatic carbocycles. The van der Waals surface area contributed by atoms with E-state index in [1.807, 2.05) is 0 Å². The summed E-state index contributed by atoms with van der Waals surface area (Å²) in [4.78, 5) is 36.8. The Bertz CT molecular complexity index is 1340. The van der Waals surface area contributed by atoms with Crippen LogP contribution in [0.25, 0.3) is 0 Å². The summed E-state index contributed by atoms with van der Waals surface area (Å²) in [7, 11) is 0. The quantitative estimate of drug-likeness (QED) is 0.271. The number of urea groups is 1. The van der Waals surface area contributed by atoms with E-state index >= 15 is 0 Å². The van der Waals surface area contributed by atoms with Crippen LogP contribution in [0.2, 0.25) is 5.02 Å². The van der Waals surface area contributed by atoms with Gasteiger partial charge >= 0.3 is 18.2 Å². The molecule has 0 heterocycles. The van der Waals surface area contributed by atoms with Gasteiger partial charge in [-0.25, -0.2) is 18.4 Å². The summed E-state index contributed by atoms with van der Waals surface area (Å²) < 4.78 is 76.6. The zero-order chi connectivity index (χ0) is 27.3. The van der Waals surface area contributed by atoms with E-state index in [1.54, 1.807) is 5.32 Å². The standard InChI is InChI=1S/C24H16ClF5N2O5/c1-2-36-22(34)14-11-13(31-23(35)32-21(33)20-16(26)4-3-5-17(20)27)7-9-18(14)37-19-8-6-12(10-15(19)25)24(28,29)30/h3-11H,2H2,1H3,(H2,31,32,33,35). The van der Waals surface area contributed by atoms with Crippen molar-refractivity contribution < 1.29 is 45.8 Å². The summed E-state index contributed by atoms with van der Waals surface area (Å²) in [5, 5.41) is 3.58. The third-order valence-electron chi connectivity index (χ3n) is 4.63. The van der Waals surface area contributed by atoms with Crippen LogP contribution in [0.3, 0.4) is 0 Å². The normalized spacial score (nSPS) is 11.0. The lowest BCUT2D eigenvalue weighted by Gasteiger charge is -2.15. The number of anilines is 1. The highest BCUT2D eigenvalue weighted by Gasteiger charge is 2.31. The lowest BCUT2D eigenvalue weighted by Crippen LogP contribution is -2.35. The Hall–Kier alpha value is -4.19. The molecule has 0 aliphatic carbocycles. The maximum absolute atomic E-state index is 13.8. The molecule has 0 atom stereocenters. The molecule has 0 saturated heterocycles. The van der Waals surface area contributed by atoms with E-state index in [2.05, 4.69) is 5.32 Å². The summed E-state index contributed by atoms with van der Waals surface area (Å²) in [6.07, 6.45) is -4.63. The van der Waals surface area contributed by atoms with Gasteiger partial charge in [0.1, 0.15) is 34.3 Å². The van der Waals surface area contributed by atoms with E-state index in [0.29, 0.717) is 6.07 Å². The number of hydrogen-bond donors (Lipinski definition) is 2. The Morgan fingerprint density at radius 2 is 1.59 bits per heavy atom. The molecule has 13 heteroatoms. The number of esters is 1. The molecule has 0 aliphatic rings. The zero-order valence-corrected chi connectivity index (χ0v) is 19.5. The molecule has 0 unspecified atom stereocenters. The van der Waals surface area contributed by atoms with Crippen molar-refractivity contribution in [3.8, 4) is 11.5 Å². The molecule has 37 heavy (non-hydrogen) atoms. The lowest BCUT2D eigenvalue weighted by atomic mass is 10.1. The molecule has 3 aromatic rings. The van der Waals surface area contributed by atoms with Crippen LogP contribution >= 0.6 is 11.6 Å². The summed E-state index contributed by atoms with van der Waals surface area (Å²) >= 11 is 5.91. The number of nitrogens with one attached hydrogen (secondary N) is 2. The van der Waals surface area contributed by atoms with Crippen LogP contribution in [0.5, 0.6) is 11.5 Å². The molecule has 7 nitrogen and oxygen atoms in total. The van der Waals surface area contributed by atoms with Crippen LogP contribution in [0.4, 0.5) is 32.4 Å². The number of ether oxygens (including phenoxy) is 2. The van der Waals surface area contributed by atoms with Gasteiger partial charge in [0.05, 0.1) is 17.2 Å². The van der Waals surface area contributed by atoms with Crippen molar-refractivity contribution in [1.29, 1.82) is 0 Å². The van der Waals surface area contributed by atoms with Crippen molar-refractivity contribution in [2.45, 2.75) is 13.1 Å². The van der Waals surface area contributed by atoms with Gasteiger partial charge in [-0.2, -0.15) is 13.2 Å². The fraction of sp³-hybridized carbons (Fsp3) is 0.125. The van der Waals surface area contributed by atoms with Gasteiger partial charge in [-0.15, -0.1) is 0 Å². The SMILES string of the molecule is CCOC(=O)c1cc(NC(=O)NC(=O)c2c(F)cccc2F)ccc1Oc1ccc(C(F)(F)F)cc1Cl. The largest absolute Gasteiger partial charge is 0.462 e. The van der Waals surface area contributed by atoms with Gasteiger partial charge in [0, 0.05) is 5.69 Å². The number of benzene rings is 3. The second kappa shape index (κ2) is 11.2. The van der Waals surface area contributed by atoms with Crippen molar-refractivity contribution in [3.05, 3.63) is 87.9 Å². The number of carbonyl (C=O) groups is 3. The van der Waals surface area contributed by atoms with Crippen molar-refractivity contribution in [2.75, 3.05) is 11.9 Å². The Balaban J connectivity index is 1.83. The number of alkyl halides is 3. The van der Waals surface area contributed by atoms with Crippen molar-refractivity contribution in [3.63, 3.8) is 0 Å².